The number of fused-ring (bicyclic) bond motifs is 1. The van der Waals surface area contributed by atoms with E-state index in [0.717, 1.165) is 28.6 Å². The third kappa shape index (κ3) is 6.32. The fourth-order valence-corrected chi connectivity index (χ4v) is 4.03. The van der Waals surface area contributed by atoms with Gasteiger partial charge in [-0.2, -0.15) is 0 Å². The van der Waals surface area contributed by atoms with Crippen molar-refractivity contribution in [3.8, 4) is 18.1 Å². The predicted octanol–water partition coefficient (Wildman–Crippen LogP) is 6.01. The molecule has 158 valence electrons. The maximum atomic E-state index is 11.4. The van der Waals surface area contributed by atoms with E-state index in [4.69, 9.17) is 11.2 Å². The molecule has 3 aromatic rings. The molecule has 30 heavy (non-hydrogen) atoms. The Balaban J connectivity index is 0.000000248. The van der Waals surface area contributed by atoms with Crippen LogP contribution < -0.4 is 4.74 Å². The van der Waals surface area contributed by atoms with E-state index in [9.17, 15) is 4.79 Å². The minimum Gasteiger partial charge on any atom is -0.472 e. The van der Waals surface area contributed by atoms with Gasteiger partial charge in [-0.3, -0.25) is 9.78 Å². The van der Waals surface area contributed by atoms with Gasteiger partial charge < -0.3 is 4.74 Å². The van der Waals surface area contributed by atoms with Crippen LogP contribution in [-0.4, -0.2) is 27.4 Å². The summed E-state index contributed by atoms with van der Waals surface area (Å²) in [4.78, 5) is 20.1. The van der Waals surface area contributed by atoms with Crippen LogP contribution in [0.3, 0.4) is 0 Å². The maximum absolute atomic E-state index is 11.4. The number of pyridine rings is 1. The van der Waals surface area contributed by atoms with E-state index >= 15 is 0 Å². The highest BCUT2D eigenvalue weighted by Crippen LogP contribution is 2.29. The number of terminal acetylenes is 1. The summed E-state index contributed by atoms with van der Waals surface area (Å²) in [5, 5.41) is 4.28. The van der Waals surface area contributed by atoms with E-state index in [1.54, 1.807) is 23.6 Å². The molecular formula is C24H28N2O2S2. The summed E-state index contributed by atoms with van der Waals surface area (Å²) >= 11 is 3.14. The minimum atomic E-state index is -0.485. The Bertz CT molecular complexity index is 1050. The Morgan fingerprint density at radius 1 is 1.37 bits per heavy atom. The summed E-state index contributed by atoms with van der Waals surface area (Å²) in [6, 6.07) is 7.37. The van der Waals surface area contributed by atoms with E-state index in [-0.39, 0.29) is 11.2 Å². The van der Waals surface area contributed by atoms with Crippen molar-refractivity contribution >= 4 is 39.8 Å². The third-order valence-corrected chi connectivity index (χ3v) is 6.87. The SMILES string of the molecule is C#Cc1cnc2ccc(OC(SC)C(C)=O)cc2c1.CCC(C)(C)c1nc(C)cs1. The lowest BCUT2D eigenvalue weighted by Crippen LogP contribution is -2.20. The average molecular weight is 441 g/mol. The van der Waals surface area contributed by atoms with Crippen LogP contribution in [0.4, 0.5) is 0 Å². The van der Waals surface area contributed by atoms with Crippen LogP contribution in [0.25, 0.3) is 10.9 Å². The van der Waals surface area contributed by atoms with E-state index in [0.29, 0.717) is 5.75 Å². The number of hydrogen-bond donors (Lipinski definition) is 0. The number of benzene rings is 1. The number of Topliss-reactive ketones (excluding diaryl/α,β-unsaturated/α-hetero) is 1. The van der Waals surface area contributed by atoms with Crippen molar-refractivity contribution in [2.45, 2.75) is 51.9 Å². The molecule has 2 aromatic heterocycles. The molecule has 0 fully saturated rings. The number of thioether (sulfide) groups is 1. The third-order valence-electron chi connectivity index (χ3n) is 4.69. The molecule has 0 aliphatic carbocycles. The second-order valence-corrected chi connectivity index (χ2v) is 9.31. The van der Waals surface area contributed by atoms with Crippen LogP contribution in [0, 0.1) is 19.3 Å². The number of aromatic nitrogens is 2. The van der Waals surface area contributed by atoms with Gasteiger partial charge in [0.25, 0.3) is 0 Å². The molecule has 0 N–H and O–H groups in total. The molecule has 1 unspecified atom stereocenters. The summed E-state index contributed by atoms with van der Waals surface area (Å²) in [5.74, 6) is 3.17. The molecule has 2 heterocycles. The fraction of sp³-hybridized carbons (Fsp3) is 0.375. The first-order valence-electron chi connectivity index (χ1n) is 9.69. The second kappa shape index (κ2) is 10.6. The largest absolute Gasteiger partial charge is 0.472 e. The van der Waals surface area contributed by atoms with Gasteiger partial charge in [-0.05, 0) is 50.8 Å². The lowest BCUT2D eigenvalue weighted by atomic mass is 9.91. The van der Waals surface area contributed by atoms with E-state index in [2.05, 4.69) is 42.0 Å². The summed E-state index contributed by atoms with van der Waals surface area (Å²) in [7, 11) is 0. The molecule has 1 aromatic carbocycles. The summed E-state index contributed by atoms with van der Waals surface area (Å²) in [6.07, 6.45) is 10.00. The number of carbonyl (C=O) groups is 1. The first-order valence-corrected chi connectivity index (χ1v) is 11.9. The predicted molar refractivity (Wildman–Crippen MR) is 128 cm³/mol. The van der Waals surface area contributed by atoms with Crippen molar-refractivity contribution in [1.29, 1.82) is 0 Å². The lowest BCUT2D eigenvalue weighted by molar-refractivity contribution is -0.120. The van der Waals surface area contributed by atoms with Gasteiger partial charge in [0.15, 0.2) is 5.78 Å². The smallest absolute Gasteiger partial charge is 0.202 e. The highest BCUT2D eigenvalue weighted by molar-refractivity contribution is 7.99. The zero-order chi connectivity index (χ0) is 22.3. The zero-order valence-corrected chi connectivity index (χ0v) is 20.0. The molecule has 0 amide bonds. The summed E-state index contributed by atoms with van der Waals surface area (Å²) < 4.78 is 5.64. The first-order chi connectivity index (χ1) is 14.2. The number of ether oxygens (including phenoxy) is 1. The number of rotatable bonds is 6. The second-order valence-electron chi connectivity index (χ2n) is 7.55. The highest BCUT2D eigenvalue weighted by Gasteiger charge is 2.21. The molecule has 0 saturated heterocycles. The standard InChI is InChI=1S/C15H13NO2S.C9H15NS/c1-4-11-7-12-8-13(5-6-14(12)16-9-11)18-15(19-3)10(2)17;1-5-9(3,4)8-10-7(2)6-11-8/h1,5-9,15H,2-3H3;6H,5H2,1-4H3. The van der Waals surface area contributed by atoms with E-state index < -0.39 is 5.44 Å². The van der Waals surface area contributed by atoms with Gasteiger partial charge >= 0.3 is 0 Å². The van der Waals surface area contributed by atoms with Crippen LogP contribution in [0.1, 0.15) is 50.4 Å². The molecule has 6 heteroatoms. The first kappa shape index (κ1) is 23.9. The van der Waals surface area contributed by atoms with Gasteiger partial charge in [-0.25, -0.2) is 4.98 Å². The highest BCUT2D eigenvalue weighted by atomic mass is 32.2. The van der Waals surface area contributed by atoms with Crippen molar-refractivity contribution in [2.24, 2.45) is 0 Å². The van der Waals surface area contributed by atoms with Crippen molar-refractivity contribution in [3.05, 3.63) is 52.1 Å². The zero-order valence-electron chi connectivity index (χ0n) is 18.4. The van der Waals surface area contributed by atoms with Crippen LogP contribution in [0.2, 0.25) is 0 Å². The van der Waals surface area contributed by atoms with Crippen molar-refractivity contribution in [1.82, 2.24) is 9.97 Å². The average Bonchev–Trinajstić information content (AvgIpc) is 3.19. The number of carbonyl (C=O) groups excluding carboxylic acids is 1. The molecule has 0 aliphatic heterocycles. The van der Waals surface area contributed by atoms with Crippen LogP contribution >= 0.6 is 23.1 Å². The summed E-state index contributed by atoms with van der Waals surface area (Å²) in [6.45, 7) is 10.2. The monoisotopic (exact) mass is 440 g/mol. The number of nitrogens with zero attached hydrogens (tertiary/aromatic N) is 2. The molecule has 3 rings (SSSR count). The van der Waals surface area contributed by atoms with Gasteiger partial charge in [0, 0.05) is 33.6 Å². The Morgan fingerprint density at radius 3 is 2.63 bits per heavy atom. The number of thiazole rings is 1. The molecule has 0 aliphatic rings. The Labute approximate surface area is 187 Å². The van der Waals surface area contributed by atoms with Gasteiger partial charge in [0.2, 0.25) is 5.44 Å². The van der Waals surface area contributed by atoms with Crippen LogP contribution in [-0.2, 0) is 10.2 Å². The Hall–Kier alpha value is -2.36. The van der Waals surface area contributed by atoms with Crippen LogP contribution in [0.5, 0.6) is 5.75 Å². The molecule has 4 nitrogen and oxygen atoms in total. The lowest BCUT2D eigenvalue weighted by Gasteiger charge is -2.18. The van der Waals surface area contributed by atoms with E-state index in [1.165, 1.54) is 23.7 Å². The normalized spacial score (nSPS) is 11.9. The number of ketones is 1. The quantitative estimate of drug-likeness (QED) is 0.347. The fourth-order valence-electron chi connectivity index (χ4n) is 2.50. The Kier molecular flexibility index (Phi) is 8.45. The van der Waals surface area contributed by atoms with Gasteiger partial charge in [-0.15, -0.1) is 29.5 Å². The van der Waals surface area contributed by atoms with Gasteiger partial charge in [-0.1, -0.05) is 26.7 Å². The molecule has 0 radical (unpaired) electrons. The van der Waals surface area contributed by atoms with Gasteiger partial charge in [0.05, 0.1) is 10.5 Å². The molecule has 0 bridgehead atoms. The topological polar surface area (TPSA) is 52.1 Å². The van der Waals surface area contributed by atoms with Gasteiger partial charge in [0.1, 0.15) is 5.75 Å². The number of hydrogen-bond acceptors (Lipinski definition) is 6. The van der Waals surface area contributed by atoms with Crippen LogP contribution in [0.15, 0.2) is 35.8 Å². The molecule has 0 saturated carbocycles. The van der Waals surface area contributed by atoms with Crippen molar-refractivity contribution in [3.63, 3.8) is 0 Å². The summed E-state index contributed by atoms with van der Waals surface area (Å²) in [5.41, 5.74) is 2.49. The maximum Gasteiger partial charge on any atom is 0.202 e. The number of aryl methyl sites for hydroxylation is 1. The Morgan fingerprint density at radius 2 is 2.10 bits per heavy atom. The molecule has 0 spiro atoms. The van der Waals surface area contributed by atoms with Crippen molar-refractivity contribution < 1.29 is 9.53 Å². The van der Waals surface area contributed by atoms with E-state index in [1.807, 2.05) is 31.4 Å². The molecular weight excluding hydrogens is 412 g/mol. The minimum absolute atomic E-state index is 0.0110. The molecule has 1 atom stereocenters. The van der Waals surface area contributed by atoms with Crippen molar-refractivity contribution in [2.75, 3.05) is 6.26 Å².